The lowest BCUT2D eigenvalue weighted by Gasteiger charge is -2.14. The van der Waals surface area contributed by atoms with Crippen molar-refractivity contribution in [2.45, 2.75) is 13.3 Å². The Morgan fingerprint density at radius 3 is 2.87 bits per heavy atom. The van der Waals surface area contributed by atoms with Gasteiger partial charge in [0.15, 0.2) is 0 Å². The highest BCUT2D eigenvalue weighted by molar-refractivity contribution is 7.13. The summed E-state index contributed by atoms with van der Waals surface area (Å²) in [7, 11) is 1.67. The molecule has 0 radical (unpaired) electrons. The van der Waals surface area contributed by atoms with E-state index in [1.54, 1.807) is 7.05 Å². The van der Waals surface area contributed by atoms with Crippen LogP contribution in [0.25, 0.3) is 0 Å². The minimum atomic E-state index is -0.117. The molecule has 0 aliphatic heterocycles. The second-order valence-corrected chi connectivity index (χ2v) is 4.45. The molecular formula is C10H11ClN2OS. The molecule has 0 N–H and O–H groups in total. The number of nitriles is 1. The largest absolute Gasteiger partial charge is 0.340 e. The molecule has 1 amide bonds. The first-order valence-corrected chi connectivity index (χ1v) is 5.69. The number of halogens is 1. The van der Waals surface area contributed by atoms with Crippen molar-refractivity contribution < 1.29 is 4.79 Å². The molecular weight excluding hydrogens is 232 g/mol. The summed E-state index contributed by atoms with van der Waals surface area (Å²) in [6.45, 7) is 2.30. The van der Waals surface area contributed by atoms with Gasteiger partial charge < -0.3 is 4.90 Å². The molecule has 5 heteroatoms. The minimum absolute atomic E-state index is 0.117. The fourth-order valence-electron chi connectivity index (χ4n) is 1.07. The number of carbonyl (C=O) groups is 1. The fourth-order valence-corrected chi connectivity index (χ4v) is 2.33. The van der Waals surface area contributed by atoms with Crippen LogP contribution in [0.15, 0.2) is 5.38 Å². The van der Waals surface area contributed by atoms with Gasteiger partial charge in [0.25, 0.3) is 5.91 Å². The third kappa shape index (κ3) is 2.71. The van der Waals surface area contributed by atoms with Gasteiger partial charge in [-0.1, -0.05) is 11.6 Å². The number of hydrogen-bond acceptors (Lipinski definition) is 3. The molecule has 15 heavy (non-hydrogen) atoms. The van der Waals surface area contributed by atoms with E-state index in [2.05, 4.69) is 0 Å². The predicted octanol–water partition coefficient (Wildman–Crippen LogP) is 2.70. The van der Waals surface area contributed by atoms with Crippen molar-refractivity contribution in [1.29, 1.82) is 5.26 Å². The number of nitrogens with zero attached hydrogens (tertiary/aromatic N) is 2. The Morgan fingerprint density at radius 2 is 2.40 bits per heavy atom. The average Bonchev–Trinajstić information content (AvgIpc) is 2.55. The average molecular weight is 243 g/mol. The Bertz CT molecular complexity index is 408. The van der Waals surface area contributed by atoms with Gasteiger partial charge in [0, 0.05) is 13.6 Å². The first kappa shape index (κ1) is 12.0. The smallest absolute Gasteiger partial charge is 0.265 e. The van der Waals surface area contributed by atoms with E-state index in [9.17, 15) is 4.79 Å². The van der Waals surface area contributed by atoms with Gasteiger partial charge >= 0.3 is 0 Å². The van der Waals surface area contributed by atoms with Crippen molar-refractivity contribution in [2.75, 3.05) is 13.6 Å². The zero-order valence-electron chi connectivity index (χ0n) is 8.58. The van der Waals surface area contributed by atoms with Gasteiger partial charge in [0.1, 0.15) is 4.88 Å². The Balaban J connectivity index is 2.77. The normalized spacial score (nSPS) is 9.73. The molecule has 1 heterocycles. The second kappa shape index (κ2) is 5.15. The Labute approximate surface area is 97.9 Å². The standard InChI is InChI=1S/C10H11ClN2OS/c1-7-6-15-9(8(7)11)10(14)13(2)5-3-4-12/h6H,3,5H2,1-2H3. The number of rotatable bonds is 3. The lowest BCUT2D eigenvalue weighted by atomic mass is 10.3. The van der Waals surface area contributed by atoms with Crippen LogP contribution in [0.5, 0.6) is 0 Å². The fraction of sp³-hybridized carbons (Fsp3) is 0.400. The molecule has 0 aliphatic carbocycles. The zero-order valence-corrected chi connectivity index (χ0v) is 10.2. The quantitative estimate of drug-likeness (QED) is 0.818. The molecule has 1 aromatic rings. The number of carbonyl (C=O) groups excluding carboxylic acids is 1. The molecule has 0 saturated heterocycles. The van der Waals surface area contributed by atoms with E-state index in [1.165, 1.54) is 16.2 Å². The van der Waals surface area contributed by atoms with E-state index >= 15 is 0 Å². The summed E-state index contributed by atoms with van der Waals surface area (Å²) in [5.74, 6) is -0.117. The van der Waals surface area contributed by atoms with Crippen molar-refractivity contribution in [1.82, 2.24) is 4.90 Å². The van der Waals surface area contributed by atoms with Crippen LogP contribution < -0.4 is 0 Å². The van der Waals surface area contributed by atoms with Crippen LogP contribution in [0.2, 0.25) is 5.02 Å². The second-order valence-electron chi connectivity index (χ2n) is 3.20. The Hall–Kier alpha value is -1.05. The maximum absolute atomic E-state index is 11.8. The van der Waals surface area contributed by atoms with Crippen LogP contribution in [-0.2, 0) is 0 Å². The molecule has 0 bridgehead atoms. The van der Waals surface area contributed by atoms with E-state index in [-0.39, 0.29) is 5.91 Å². The first-order valence-electron chi connectivity index (χ1n) is 4.44. The monoisotopic (exact) mass is 242 g/mol. The highest BCUT2D eigenvalue weighted by Crippen LogP contribution is 2.27. The molecule has 1 rings (SSSR count). The van der Waals surface area contributed by atoms with Gasteiger partial charge in [-0.15, -0.1) is 11.3 Å². The maximum atomic E-state index is 11.8. The third-order valence-corrected chi connectivity index (χ3v) is 3.68. The molecule has 80 valence electrons. The van der Waals surface area contributed by atoms with Crippen LogP contribution in [0.1, 0.15) is 21.7 Å². The molecule has 3 nitrogen and oxygen atoms in total. The third-order valence-electron chi connectivity index (χ3n) is 2.00. The summed E-state index contributed by atoms with van der Waals surface area (Å²) in [6, 6.07) is 2.00. The van der Waals surface area contributed by atoms with E-state index in [1.807, 2.05) is 18.4 Å². The summed E-state index contributed by atoms with van der Waals surface area (Å²) >= 11 is 7.32. The van der Waals surface area contributed by atoms with Crippen molar-refractivity contribution in [3.63, 3.8) is 0 Å². The molecule has 0 saturated carbocycles. The van der Waals surface area contributed by atoms with Crippen molar-refractivity contribution in [3.8, 4) is 6.07 Å². The topological polar surface area (TPSA) is 44.1 Å². The number of amides is 1. The lowest BCUT2D eigenvalue weighted by molar-refractivity contribution is 0.0803. The van der Waals surface area contributed by atoms with Gasteiger partial charge in [-0.25, -0.2) is 0 Å². The summed E-state index contributed by atoms with van der Waals surface area (Å²) < 4.78 is 0. The SMILES string of the molecule is Cc1csc(C(=O)N(C)CCC#N)c1Cl. The van der Waals surface area contributed by atoms with Crippen LogP contribution in [0.4, 0.5) is 0 Å². The molecule has 0 aromatic carbocycles. The van der Waals surface area contributed by atoms with E-state index in [0.717, 1.165) is 5.56 Å². The van der Waals surface area contributed by atoms with Gasteiger partial charge in [0.2, 0.25) is 0 Å². The van der Waals surface area contributed by atoms with Crippen molar-refractivity contribution in [3.05, 3.63) is 20.8 Å². The van der Waals surface area contributed by atoms with Crippen LogP contribution in [0.3, 0.4) is 0 Å². The lowest BCUT2D eigenvalue weighted by Crippen LogP contribution is -2.27. The Kier molecular flexibility index (Phi) is 4.13. The summed E-state index contributed by atoms with van der Waals surface area (Å²) in [6.07, 6.45) is 0.338. The first-order chi connectivity index (χ1) is 7.07. The van der Waals surface area contributed by atoms with Gasteiger partial charge in [-0.2, -0.15) is 5.26 Å². The van der Waals surface area contributed by atoms with Gasteiger partial charge in [-0.05, 0) is 17.9 Å². The van der Waals surface area contributed by atoms with Crippen molar-refractivity contribution >= 4 is 28.8 Å². The number of thiophene rings is 1. The molecule has 0 spiro atoms. The number of hydrogen-bond donors (Lipinski definition) is 0. The van der Waals surface area contributed by atoms with E-state index < -0.39 is 0 Å². The maximum Gasteiger partial charge on any atom is 0.265 e. The highest BCUT2D eigenvalue weighted by Gasteiger charge is 2.17. The molecule has 1 aromatic heterocycles. The van der Waals surface area contributed by atoms with E-state index in [0.29, 0.717) is 22.9 Å². The van der Waals surface area contributed by atoms with Crippen molar-refractivity contribution in [2.24, 2.45) is 0 Å². The predicted molar refractivity (Wildman–Crippen MR) is 61.3 cm³/mol. The van der Waals surface area contributed by atoms with Crippen LogP contribution in [-0.4, -0.2) is 24.4 Å². The van der Waals surface area contributed by atoms with Crippen LogP contribution in [0, 0.1) is 18.3 Å². The molecule has 0 fully saturated rings. The molecule has 0 unspecified atom stereocenters. The molecule has 0 atom stereocenters. The summed E-state index contributed by atoms with van der Waals surface area (Å²) in [4.78, 5) is 13.9. The summed E-state index contributed by atoms with van der Waals surface area (Å²) in [5.41, 5.74) is 0.915. The molecule has 0 aliphatic rings. The number of aryl methyl sites for hydroxylation is 1. The van der Waals surface area contributed by atoms with Gasteiger partial charge in [0.05, 0.1) is 17.5 Å². The summed E-state index contributed by atoms with van der Waals surface area (Å²) in [5, 5.41) is 10.8. The zero-order chi connectivity index (χ0) is 11.4. The van der Waals surface area contributed by atoms with E-state index in [4.69, 9.17) is 16.9 Å². The van der Waals surface area contributed by atoms with Crippen LogP contribution >= 0.6 is 22.9 Å². The van der Waals surface area contributed by atoms with Gasteiger partial charge in [-0.3, -0.25) is 4.79 Å². The Morgan fingerprint density at radius 1 is 1.73 bits per heavy atom. The highest BCUT2D eigenvalue weighted by atomic mass is 35.5. The minimum Gasteiger partial charge on any atom is -0.340 e.